The van der Waals surface area contributed by atoms with Gasteiger partial charge in [-0.1, -0.05) is 12.1 Å². The number of thioether (sulfide) groups is 1. The van der Waals surface area contributed by atoms with Gasteiger partial charge in [-0.15, -0.1) is 11.8 Å². The van der Waals surface area contributed by atoms with Crippen molar-refractivity contribution in [2.45, 2.75) is 30.0 Å². The van der Waals surface area contributed by atoms with Crippen molar-refractivity contribution in [3.05, 3.63) is 30.0 Å². The fourth-order valence-electron chi connectivity index (χ4n) is 2.25. The van der Waals surface area contributed by atoms with Crippen LogP contribution in [0.15, 0.2) is 29.3 Å². The van der Waals surface area contributed by atoms with Crippen molar-refractivity contribution in [1.29, 1.82) is 0 Å². The molecule has 3 rings (SSSR count). The Kier molecular flexibility index (Phi) is 3.48. The molecule has 3 nitrogen and oxygen atoms in total. The van der Waals surface area contributed by atoms with Gasteiger partial charge in [0.15, 0.2) is 0 Å². The van der Waals surface area contributed by atoms with Crippen molar-refractivity contribution < 1.29 is 0 Å². The summed E-state index contributed by atoms with van der Waals surface area (Å²) in [4.78, 5) is 9.39. The zero-order valence-corrected chi connectivity index (χ0v) is 11.3. The Hall–Kier alpha value is -1.13. The number of nitrogens with zero attached hydrogens (tertiary/aromatic N) is 2. The molecule has 0 aliphatic carbocycles. The number of aromatic nitrogens is 2. The van der Waals surface area contributed by atoms with Gasteiger partial charge in [0.05, 0.1) is 16.7 Å². The summed E-state index contributed by atoms with van der Waals surface area (Å²) in [6, 6.07) is 8.09. The van der Waals surface area contributed by atoms with Crippen LogP contribution in [0, 0.1) is 6.92 Å². The van der Waals surface area contributed by atoms with Gasteiger partial charge in [0, 0.05) is 5.25 Å². The summed E-state index contributed by atoms with van der Waals surface area (Å²) >= 11 is 1.89. The van der Waals surface area contributed by atoms with Gasteiger partial charge in [0.2, 0.25) is 0 Å². The van der Waals surface area contributed by atoms with Crippen LogP contribution in [0.25, 0.3) is 11.0 Å². The fraction of sp³-hybridized carbons (Fsp3) is 0.429. The molecule has 0 amide bonds. The van der Waals surface area contributed by atoms with Crippen LogP contribution in [0.3, 0.4) is 0 Å². The minimum atomic E-state index is 0.681. The highest BCUT2D eigenvalue weighted by Gasteiger charge is 2.16. The third-order valence-corrected chi connectivity index (χ3v) is 4.68. The predicted octanol–water partition coefficient (Wildman–Crippen LogP) is 2.78. The summed E-state index contributed by atoms with van der Waals surface area (Å²) in [5.74, 6) is 0. The van der Waals surface area contributed by atoms with E-state index in [1.165, 1.54) is 12.8 Å². The monoisotopic (exact) mass is 259 g/mol. The number of fused-ring (bicyclic) bond motifs is 1. The Morgan fingerprint density at radius 1 is 1.11 bits per heavy atom. The van der Waals surface area contributed by atoms with Gasteiger partial charge in [-0.2, -0.15) is 0 Å². The first-order valence-electron chi connectivity index (χ1n) is 6.44. The average Bonchev–Trinajstić information content (AvgIpc) is 2.41. The average molecular weight is 259 g/mol. The first-order valence-corrected chi connectivity index (χ1v) is 7.31. The molecule has 0 saturated carbocycles. The Morgan fingerprint density at radius 2 is 1.78 bits per heavy atom. The molecule has 2 heterocycles. The molecular weight excluding hydrogens is 242 g/mol. The fourth-order valence-corrected chi connectivity index (χ4v) is 3.41. The third-order valence-electron chi connectivity index (χ3n) is 3.27. The lowest BCUT2D eigenvalue weighted by molar-refractivity contribution is 0.531. The van der Waals surface area contributed by atoms with Crippen LogP contribution in [0.1, 0.15) is 18.5 Å². The van der Waals surface area contributed by atoms with E-state index >= 15 is 0 Å². The maximum Gasteiger partial charge on any atom is 0.118 e. The number of hydrogen-bond acceptors (Lipinski definition) is 4. The van der Waals surface area contributed by atoms with Crippen molar-refractivity contribution in [2.24, 2.45) is 0 Å². The molecule has 0 spiro atoms. The van der Waals surface area contributed by atoms with E-state index in [0.29, 0.717) is 5.25 Å². The van der Waals surface area contributed by atoms with Gasteiger partial charge in [-0.05, 0) is 45.0 Å². The molecule has 1 aromatic heterocycles. The van der Waals surface area contributed by atoms with E-state index in [-0.39, 0.29) is 0 Å². The second-order valence-corrected chi connectivity index (χ2v) is 5.96. The van der Waals surface area contributed by atoms with E-state index in [9.17, 15) is 0 Å². The highest BCUT2D eigenvalue weighted by Crippen LogP contribution is 2.29. The minimum Gasteiger partial charge on any atom is -0.317 e. The molecule has 0 bridgehead atoms. The second kappa shape index (κ2) is 5.24. The first-order chi connectivity index (χ1) is 8.83. The Balaban J connectivity index is 1.88. The van der Waals surface area contributed by atoms with Gasteiger partial charge in [0.1, 0.15) is 5.03 Å². The standard InChI is InChI=1S/C14H17N3S/c1-10-14(18-11-6-8-15-9-7-11)17-13-5-3-2-4-12(13)16-10/h2-5,11,15H,6-9H2,1H3. The molecule has 1 aliphatic rings. The molecule has 0 radical (unpaired) electrons. The van der Waals surface area contributed by atoms with E-state index in [4.69, 9.17) is 4.98 Å². The molecule has 1 N–H and O–H groups in total. The van der Waals surface area contributed by atoms with Crippen molar-refractivity contribution in [3.63, 3.8) is 0 Å². The molecule has 94 valence electrons. The summed E-state index contributed by atoms with van der Waals surface area (Å²) in [6.45, 7) is 4.30. The van der Waals surface area contributed by atoms with Crippen LogP contribution in [0.5, 0.6) is 0 Å². The van der Waals surface area contributed by atoms with Crippen molar-refractivity contribution in [1.82, 2.24) is 15.3 Å². The number of para-hydroxylation sites is 2. The van der Waals surface area contributed by atoms with E-state index in [0.717, 1.165) is 34.8 Å². The van der Waals surface area contributed by atoms with Crippen molar-refractivity contribution in [3.8, 4) is 0 Å². The highest BCUT2D eigenvalue weighted by molar-refractivity contribution is 7.99. The second-order valence-electron chi connectivity index (χ2n) is 4.67. The zero-order valence-electron chi connectivity index (χ0n) is 10.5. The summed E-state index contributed by atoms with van der Waals surface area (Å²) in [7, 11) is 0. The SMILES string of the molecule is Cc1nc2ccccc2nc1SC1CCNCC1. The predicted molar refractivity (Wildman–Crippen MR) is 76.0 cm³/mol. The van der Waals surface area contributed by atoms with Gasteiger partial charge < -0.3 is 5.32 Å². The summed E-state index contributed by atoms with van der Waals surface area (Å²) < 4.78 is 0. The van der Waals surface area contributed by atoms with Crippen LogP contribution in [0.4, 0.5) is 0 Å². The number of benzene rings is 1. The van der Waals surface area contributed by atoms with Gasteiger partial charge in [-0.25, -0.2) is 9.97 Å². The quantitative estimate of drug-likeness (QED) is 0.900. The van der Waals surface area contributed by atoms with Crippen LogP contribution in [-0.2, 0) is 0 Å². The van der Waals surface area contributed by atoms with E-state index < -0.39 is 0 Å². The maximum absolute atomic E-state index is 4.75. The molecule has 1 saturated heterocycles. The molecule has 2 aromatic rings. The van der Waals surface area contributed by atoms with E-state index in [1.54, 1.807) is 0 Å². The Labute approximate surface area is 111 Å². The third kappa shape index (κ3) is 2.49. The maximum atomic E-state index is 4.75. The largest absolute Gasteiger partial charge is 0.317 e. The molecule has 1 aliphatic heterocycles. The Bertz CT molecular complexity index is 550. The van der Waals surface area contributed by atoms with E-state index in [1.807, 2.05) is 36.0 Å². The minimum absolute atomic E-state index is 0.681. The number of rotatable bonds is 2. The van der Waals surface area contributed by atoms with Gasteiger partial charge in [0.25, 0.3) is 0 Å². The lowest BCUT2D eigenvalue weighted by Crippen LogP contribution is -2.29. The molecule has 0 unspecified atom stereocenters. The lowest BCUT2D eigenvalue weighted by Gasteiger charge is -2.22. The highest BCUT2D eigenvalue weighted by atomic mass is 32.2. The zero-order chi connectivity index (χ0) is 12.4. The summed E-state index contributed by atoms with van der Waals surface area (Å²) in [5, 5.41) is 5.17. The molecule has 18 heavy (non-hydrogen) atoms. The van der Waals surface area contributed by atoms with Crippen LogP contribution >= 0.6 is 11.8 Å². The van der Waals surface area contributed by atoms with Gasteiger partial charge in [-0.3, -0.25) is 0 Å². The van der Waals surface area contributed by atoms with Crippen molar-refractivity contribution >= 4 is 22.8 Å². The normalized spacial score (nSPS) is 17.2. The van der Waals surface area contributed by atoms with Crippen LogP contribution in [0.2, 0.25) is 0 Å². The molecular formula is C14H17N3S. The van der Waals surface area contributed by atoms with Gasteiger partial charge >= 0.3 is 0 Å². The van der Waals surface area contributed by atoms with E-state index in [2.05, 4.69) is 17.2 Å². The number of nitrogens with one attached hydrogen (secondary N) is 1. The summed E-state index contributed by atoms with van der Waals surface area (Å²) in [6.07, 6.45) is 2.44. The number of aryl methyl sites for hydroxylation is 1. The summed E-state index contributed by atoms with van der Waals surface area (Å²) in [5.41, 5.74) is 3.04. The molecule has 1 fully saturated rings. The topological polar surface area (TPSA) is 37.8 Å². The number of piperidine rings is 1. The lowest BCUT2D eigenvalue weighted by atomic mass is 10.2. The molecule has 1 aromatic carbocycles. The smallest absolute Gasteiger partial charge is 0.118 e. The van der Waals surface area contributed by atoms with Crippen LogP contribution < -0.4 is 5.32 Å². The van der Waals surface area contributed by atoms with Crippen molar-refractivity contribution in [2.75, 3.05) is 13.1 Å². The molecule has 0 atom stereocenters. The first kappa shape index (κ1) is 11.9. The number of hydrogen-bond donors (Lipinski definition) is 1. The van der Waals surface area contributed by atoms with Crippen LogP contribution in [-0.4, -0.2) is 28.3 Å². The molecule has 4 heteroatoms. The Morgan fingerprint density at radius 3 is 2.50 bits per heavy atom.